The Bertz CT molecular complexity index is 889. The average molecular weight is 433 g/mol. The van der Waals surface area contributed by atoms with Crippen LogP contribution in [0.2, 0.25) is 0 Å². The van der Waals surface area contributed by atoms with Crippen LogP contribution in [0.4, 0.5) is 14.9 Å². The van der Waals surface area contributed by atoms with Crippen LogP contribution in [0.25, 0.3) is 0 Å². The number of carbonyl (C=O) groups is 1. The molecule has 4 rings (SSSR count). The van der Waals surface area contributed by atoms with E-state index >= 15 is 0 Å². The van der Waals surface area contributed by atoms with E-state index in [-0.39, 0.29) is 11.7 Å². The van der Waals surface area contributed by atoms with E-state index in [1.807, 2.05) is 0 Å². The van der Waals surface area contributed by atoms with Gasteiger partial charge < -0.3 is 19.7 Å². The van der Waals surface area contributed by atoms with E-state index in [1.54, 1.807) is 34.9 Å². The zero-order chi connectivity index (χ0) is 21.7. The lowest BCUT2D eigenvalue weighted by atomic mass is 9.85. The van der Waals surface area contributed by atoms with Gasteiger partial charge in [-0.3, -0.25) is 4.90 Å². The van der Waals surface area contributed by atoms with Gasteiger partial charge in [-0.05, 0) is 35.4 Å². The Hall–Kier alpha value is -2.63. The van der Waals surface area contributed by atoms with Crippen molar-refractivity contribution in [3.63, 3.8) is 0 Å². The second-order valence-electron chi connectivity index (χ2n) is 7.78. The first-order valence-electron chi connectivity index (χ1n) is 10.5. The third-order valence-corrected chi connectivity index (χ3v) is 5.95. The van der Waals surface area contributed by atoms with E-state index in [2.05, 4.69) is 25.7 Å². The number of morpholine rings is 1. The summed E-state index contributed by atoms with van der Waals surface area (Å²) in [6, 6.07) is 5.83. The van der Waals surface area contributed by atoms with Gasteiger partial charge in [0.05, 0.1) is 32.1 Å². The van der Waals surface area contributed by atoms with Crippen molar-refractivity contribution in [2.45, 2.75) is 24.9 Å². The second kappa shape index (κ2) is 9.67. The molecule has 3 heterocycles. The number of aromatic nitrogens is 4. The van der Waals surface area contributed by atoms with Crippen LogP contribution in [0, 0.1) is 5.82 Å². The Morgan fingerprint density at radius 3 is 2.87 bits per heavy atom. The third-order valence-electron chi connectivity index (χ3n) is 5.95. The van der Waals surface area contributed by atoms with E-state index in [0.717, 1.165) is 31.8 Å². The number of benzene rings is 1. The molecule has 0 bridgehead atoms. The fourth-order valence-corrected chi connectivity index (χ4v) is 4.41. The number of likely N-dealkylation sites (tertiary alicyclic amines) is 1. The van der Waals surface area contributed by atoms with Crippen LogP contribution >= 0.6 is 0 Å². The van der Waals surface area contributed by atoms with Crippen LogP contribution in [0.3, 0.4) is 0 Å². The summed E-state index contributed by atoms with van der Waals surface area (Å²) in [7, 11) is 1.64. The lowest BCUT2D eigenvalue weighted by Gasteiger charge is -2.49. The fraction of sp³-hybridized carbons (Fsp3) is 0.600. The Morgan fingerprint density at radius 1 is 1.29 bits per heavy atom. The molecule has 0 aliphatic carbocycles. The molecule has 1 aromatic heterocycles. The van der Waals surface area contributed by atoms with Crippen LogP contribution in [-0.4, -0.2) is 89.1 Å². The Balaban J connectivity index is 1.61. The molecule has 31 heavy (non-hydrogen) atoms. The molecule has 1 unspecified atom stereocenters. The highest BCUT2D eigenvalue weighted by atomic mass is 19.1. The number of amides is 2. The molecule has 11 heteroatoms. The number of hydrogen-bond donors (Lipinski definition) is 1. The van der Waals surface area contributed by atoms with E-state index in [1.165, 1.54) is 6.07 Å². The molecule has 2 amide bonds. The molecular weight excluding hydrogens is 405 g/mol. The lowest BCUT2D eigenvalue weighted by molar-refractivity contribution is -0.0547. The van der Waals surface area contributed by atoms with Crippen LogP contribution in [0.15, 0.2) is 24.3 Å². The molecule has 2 aliphatic heterocycles. The normalized spacial score (nSPS) is 22.5. The smallest absolute Gasteiger partial charge is 0.322 e. The van der Waals surface area contributed by atoms with Crippen molar-refractivity contribution in [2.24, 2.45) is 0 Å². The monoisotopic (exact) mass is 433 g/mol. The molecule has 2 aromatic rings. The van der Waals surface area contributed by atoms with Gasteiger partial charge in [-0.1, -0.05) is 12.1 Å². The first-order valence-corrected chi connectivity index (χ1v) is 10.5. The quantitative estimate of drug-likeness (QED) is 0.734. The standard InChI is InChI=1S/C20H28FN7O3/c1-30-12-11-28-18(23-24-25-28)20(27-9-13-31-14-10-27)7-4-8-26(15-20)19(29)22-17-6-3-2-5-16(17)21/h2-3,5-6H,4,7-15H2,1H3,(H,22,29). The van der Waals surface area contributed by atoms with Gasteiger partial charge in [0, 0.05) is 33.3 Å². The molecule has 1 atom stereocenters. The summed E-state index contributed by atoms with van der Waals surface area (Å²) in [5.74, 6) is 0.255. The maximum absolute atomic E-state index is 14.1. The summed E-state index contributed by atoms with van der Waals surface area (Å²) >= 11 is 0. The molecule has 1 N–H and O–H groups in total. The minimum Gasteiger partial charge on any atom is -0.383 e. The number of para-hydroxylation sites is 1. The largest absolute Gasteiger partial charge is 0.383 e. The molecule has 10 nitrogen and oxygen atoms in total. The molecule has 168 valence electrons. The van der Waals surface area contributed by atoms with Crippen molar-refractivity contribution in [3.05, 3.63) is 35.9 Å². The van der Waals surface area contributed by atoms with Gasteiger partial charge in [-0.15, -0.1) is 5.10 Å². The first-order chi connectivity index (χ1) is 15.1. The number of carbonyl (C=O) groups excluding carboxylic acids is 1. The number of ether oxygens (including phenoxy) is 2. The number of methoxy groups -OCH3 is 1. The summed E-state index contributed by atoms with van der Waals surface area (Å²) in [6.07, 6.45) is 1.59. The van der Waals surface area contributed by atoms with Crippen LogP contribution in [0.1, 0.15) is 18.7 Å². The number of nitrogens with one attached hydrogen (secondary N) is 1. The van der Waals surface area contributed by atoms with Gasteiger partial charge in [-0.25, -0.2) is 13.9 Å². The minimum atomic E-state index is -0.550. The predicted octanol–water partition coefficient (Wildman–Crippen LogP) is 1.31. The first kappa shape index (κ1) is 21.6. The summed E-state index contributed by atoms with van der Waals surface area (Å²) in [5.41, 5.74) is -0.383. The lowest BCUT2D eigenvalue weighted by Crippen LogP contribution is -2.61. The molecule has 2 aliphatic rings. The van der Waals surface area contributed by atoms with Crippen LogP contribution < -0.4 is 5.32 Å². The van der Waals surface area contributed by atoms with Gasteiger partial charge >= 0.3 is 6.03 Å². The van der Waals surface area contributed by atoms with Crippen molar-refractivity contribution in [3.8, 4) is 0 Å². The zero-order valence-electron chi connectivity index (χ0n) is 17.7. The number of nitrogens with zero attached hydrogens (tertiary/aromatic N) is 6. The summed E-state index contributed by atoms with van der Waals surface area (Å²) in [6.45, 7) is 4.65. The maximum Gasteiger partial charge on any atom is 0.322 e. The van der Waals surface area contributed by atoms with Gasteiger partial charge in [0.15, 0.2) is 5.82 Å². The minimum absolute atomic E-state index is 0.167. The number of anilines is 1. The summed E-state index contributed by atoms with van der Waals surface area (Å²) < 4.78 is 26.6. The van der Waals surface area contributed by atoms with Crippen molar-refractivity contribution in [2.75, 3.05) is 58.4 Å². The maximum atomic E-state index is 14.1. The van der Waals surface area contributed by atoms with Gasteiger partial charge in [-0.2, -0.15) is 0 Å². The average Bonchev–Trinajstić information content (AvgIpc) is 3.29. The van der Waals surface area contributed by atoms with Crippen molar-refractivity contribution < 1.29 is 18.7 Å². The molecule has 0 saturated carbocycles. The molecule has 2 saturated heterocycles. The van der Waals surface area contributed by atoms with Gasteiger partial charge in [0.1, 0.15) is 11.4 Å². The van der Waals surface area contributed by atoms with Crippen molar-refractivity contribution in [1.29, 1.82) is 0 Å². The van der Waals surface area contributed by atoms with Crippen LogP contribution in [0.5, 0.6) is 0 Å². The topological polar surface area (TPSA) is 97.6 Å². The SMILES string of the molecule is COCCn1nnnc1C1(N2CCOCC2)CCCN(C(=O)Nc2ccccc2F)C1. The summed E-state index contributed by atoms with van der Waals surface area (Å²) in [4.78, 5) is 17.1. The Kier molecular flexibility index (Phi) is 6.73. The van der Waals surface area contributed by atoms with Gasteiger partial charge in [0.25, 0.3) is 0 Å². The predicted molar refractivity (Wildman–Crippen MR) is 110 cm³/mol. The van der Waals surface area contributed by atoms with E-state index in [4.69, 9.17) is 9.47 Å². The number of rotatable bonds is 6. The van der Waals surface area contributed by atoms with E-state index in [0.29, 0.717) is 39.5 Å². The van der Waals surface area contributed by atoms with Crippen LogP contribution in [-0.2, 0) is 21.6 Å². The molecule has 1 aromatic carbocycles. The molecule has 2 fully saturated rings. The number of piperidine rings is 1. The zero-order valence-corrected chi connectivity index (χ0v) is 17.7. The van der Waals surface area contributed by atoms with E-state index in [9.17, 15) is 9.18 Å². The fourth-order valence-electron chi connectivity index (χ4n) is 4.41. The number of halogens is 1. The van der Waals surface area contributed by atoms with Crippen molar-refractivity contribution >= 4 is 11.7 Å². The molecule has 0 radical (unpaired) electrons. The highest BCUT2D eigenvalue weighted by molar-refractivity contribution is 5.89. The Morgan fingerprint density at radius 2 is 2.10 bits per heavy atom. The molecule has 0 spiro atoms. The second-order valence-corrected chi connectivity index (χ2v) is 7.78. The highest BCUT2D eigenvalue weighted by Gasteiger charge is 2.47. The molecular formula is C20H28FN7O3. The number of hydrogen-bond acceptors (Lipinski definition) is 7. The Labute approximate surface area is 180 Å². The van der Waals surface area contributed by atoms with E-state index < -0.39 is 11.4 Å². The summed E-state index contributed by atoms with van der Waals surface area (Å²) in [5, 5.41) is 15.2. The number of urea groups is 1. The number of tetrazole rings is 1. The highest BCUT2D eigenvalue weighted by Crippen LogP contribution is 2.37. The third kappa shape index (κ3) is 4.53. The van der Waals surface area contributed by atoms with Gasteiger partial charge in [0.2, 0.25) is 0 Å². The van der Waals surface area contributed by atoms with Crippen molar-refractivity contribution in [1.82, 2.24) is 30.0 Å².